The fourth-order valence-electron chi connectivity index (χ4n) is 2.71. The van der Waals surface area contributed by atoms with Gasteiger partial charge in [-0.15, -0.1) is 0 Å². The fraction of sp³-hybridized carbons (Fsp3) is 0.438. The van der Waals surface area contributed by atoms with Crippen LogP contribution in [0, 0.1) is 0 Å². The number of benzene rings is 1. The lowest BCUT2D eigenvalue weighted by Crippen LogP contribution is -2.51. The van der Waals surface area contributed by atoms with Crippen molar-refractivity contribution in [2.75, 3.05) is 19.4 Å². The van der Waals surface area contributed by atoms with E-state index in [1.54, 1.807) is 0 Å². The van der Waals surface area contributed by atoms with Crippen LogP contribution in [0.25, 0.3) is 0 Å². The summed E-state index contributed by atoms with van der Waals surface area (Å²) in [5.74, 6) is -2.08. The molecule has 1 aliphatic rings. The number of carbonyl (C=O) groups is 3. The molecule has 142 valence electrons. The Morgan fingerprint density at radius 1 is 1.31 bits per heavy atom. The molecule has 1 fully saturated rings. The van der Waals surface area contributed by atoms with E-state index in [4.69, 9.17) is 22.1 Å². The van der Waals surface area contributed by atoms with Crippen molar-refractivity contribution in [1.29, 1.82) is 0 Å². The Labute approximate surface area is 156 Å². The van der Waals surface area contributed by atoms with Gasteiger partial charge in [-0.3, -0.25) is 9.59 Å². The summed E-state index contributed by atoms with van der Waals surface area (Å²) in [4.78, 5) is 37.1. The minimum Gasteiger partial charge on any atom is -0.452 e. The number of hydrogen-bond acceptors (Lipinski definition) is 6. The van der Waals surface area contributed by atoms with Crippen molar-refractivity contribution in [2.24, 2.45) is 5.73 Å². The van der Waals surface area contributed by atoms with Crippen molar-refractivity contribution in [1.82, 2.24) is 4.90 Å². The van der Waals surface area contributed by atoms with Crippen molar-refractivity contribution in [2.45, 2.75) is 30.2 Å². The van der Waals surface area contributed by atoms with Crippen LogP contribution < -0.4 is 5.73 Å². The third-order valence-corrected chi connectivity index (χ3v) is 5.50. The predicted octanol–water partition coefficient (Wildman–Crippen LogP) is 0.767. The number of amides is 2. The predicted molar refractivity (Wildman–Crippen MR) is 93.4 cm³/mol. The lowest BCUT2D eigenvalue weighted by Gasteiger charge is -2.33. The van der Waals surface area contributed by atoms with E-state index in [1.807, 2.05) is 0 Å². The third-order valence-electron chi connectivity index (χ3n) is 4.06. The van der Waals surface area contributed by atoms with Crippen LogP contribution in [0.4, 0.5) is 0 Å². The third kappa shape index (κ3) is 4.73. The van der Waals surface area contributed by atoms with E-state index in [-0.39, 0.29) is 15.5 Å². The summed E-state index contributed by atoms with van der Waals surface area (Å²) in [7, 11) is -3.53. The lowest BCUT2D eigenvalue weighted by molar-refractivity contribution is -0.143. The van der Waals surface area contributed by atoms with Gasteiger partial charge in [0.15, 0.2) is 16.4 Å². The Balaban J connectivity index is 2.08. The summed E-state index contributed by atoms with van der Waals surface area (Å²) in [6.07, 6.45) is 2.98. The summed E-state index contributed by atoms with van der Waals surface area (Å²) in [5, 5.41) is 0.00262. The second kappa shape index (κ2) is 8.05. The molecule has 0 spiro atoms. The largest absolute Gasteiger partial charge is 0.452 e. The number of carbonyl (C=O) groups excluding carboxylic acids is 3. The Morgan fingerprint density at radius 3 is 2.62 bits per heavy atom. The minimum atomic E-state index is -3.53. The number of rotatable bonds is 5. The molecule has 0 aromatic heterocycles. The molecule has 1 atom stereocenters. The summed E-state index contributed by atoms with van der Waals surface area (Å²) in [5.41, 5.74) is 5.14. The van der Waals surface area contributed by atoms with Gasteiger partial charge in [0.2, 0.25) is 5.91 Å². The van der Waals surface area contributed by atoms with Crippen molar-refractivity contribution in [3.8, 4) is 0 Å². The summed E-state index contributed by atoms with van der Waals surface area (Å²) in [6.45, 7) is -0.240. The van der Waals surface area contributed by atoms with Crippen LogP contribution in [0.5, 0.6) is 0 Å². The molecular weight excluding hydrogens is 384 g/mol. The molecule has 0 bridgehead atoms. The molecule has 0 unspecified atom stereocenters. The molecule has 1 saturated heterocycles. The minimum absolute atomic E-state index is 0.00262. The molecule has 26 heavy (non-hydrogen) atoms. The second-order valence-electron chi connectivity index (χ2n) is 5.99. The zero-order chi connectivity index (χ0) is 19.5. The maximum Gasteiger partial charge on any atom is 0.340 e. The SMILES string of the molecule is CS(=O)(=O)c1ccc(Cl)c(C(=O)OCC(=O)N2CCCC[C@H]2C(N)=O)c1. The highest BCUT2D eigenvalue weighted by Crippen LogP contribution is 2.22. The van der Waals surface area contributed by atoms with Gasteiger partial charge in [0.1, 0.15) is 6.04 Å². The van der Waals surface area contributed by atoms with Gasteiger partial charge in [0.25, 0.3) is 5.91 Å². The normalized spacial score (nSPS) is 17.6. The van der Waals surface area contributed by atoms with Crippen molar-refractivity contribution < 1.29 is 27.5 Å². The van der Waals surface area contributed by atoms with Gasteiger partial charge in [0, 0.05) is 12.8 Å². The summed E-state index contributed by atoms with van der Waals surface area (Å²) < 4.78 is 28.1. The van der Waals surface area contributed by atoms with Gasteiger partial charge >= 0.3 is 5.97 Å². The van der Waals surface area contributed by atoms with Crippen molar-refractivity contribution in [3.05, 3.63) is 28.8 Å². The van der Waals surface area contributed by atoms with Gasteiger partial charge in [-0.1, -0.05) is 11.6 Å². The van der Waals surface area contributed by atoms with Gasteiger partial charge in [-0.05, 0) is 37.5 Å². The fourth-order valence-corrected chi connectivity index (χ4v) is 3.55. The molecule has 2 rings (SSSR count). The topological polar surface area (TPSA) is 124 Å². The van der Waals surface area contributed by atoms with Gasteiger partial charge in [-0.2, -0.15) is 0 Å². The molecule has 0 saturated carbocycles. The van der Waals surface area contributed by atoms with E-state index in [2.05, 4.69) is 0 Å². The number of nitrogens with zero attached hydrogens (tertiary/aromatic N) is 1. The highest BCUT2D eigenvalue weighted by Gasteiger charge is 2.31. The number of sulfone groups is 1. The first-order chi connectivity index (χ1) is 12.1. The maximum atomic E-state index is 12.3. The quantitative estimate of drug-likeness (QED) is 0.725. The van der Waals surface area contributed by atoms with E-state index >= 15 is 0 Å². The van der Waals surface area contributed by atoms with E-state index in [0.29, 0.717) is 13.0 Å². The molecule has 1 heterocycles. The van der Waals surface area contributed by atoms with Crippen molar-refractivity contribution in [3.63, 3.8) is 0 Å². The highest BCUT2D eigenvalue weighted by atomic mass is 35.5. The van der Waals surface area contributed by atoms with Crippen LogP contribution in [-0.2, 0) is 24.2 Å². The first-order valence-electron chi connectivity index (χ1n) is 7.87. The Morgan fingerprint density at radius 2 is 2.00 bits per heavy atom. The standard InChI is InChI=1S/C16H19ClN2O6S/c1-26(23,24)10-5-6-12(17)11(8-10)16(22)25-9-14(20)19-7-3-2-4-13(19)15(18)21/h5-6,8,13H,2-4,7,9H2,1H3,(H2,18,21)/t13-/m0/s1. The molecule has 1 aromatic carbocycles. The van der Waals surface area contributed by atoms with Gasteiger partial charge < -0.3 is 15.4 Å². The molecule has 8 nitrogen and oxygen atoms in total. The number of esters is 1. The smallest absolute Gasteiger partial charge is 0.340 e. The Bertz CT molecular complexity index is 839. The summed E-state index contributed by atoms with van der Waals surface area (Å²) in [6, 6.07) is 2.92. The number of ether oxygens (including phenoxy) is 1. The number of piperidine rings is 1. The van der Waals surface area contributed by atoms with Gasteiger partial charge in [0.05, 0.1) is 15.5 Å². The van der Waals surface area contributed by atoms with E-state index in [9.17, 15) is 22.8 Å². The molecule has 1 aromatic rings. The summed E-state index contributed by atoms with van der Waals surface area (Å²) >= 11 is 5.92. The maximum absolute atomic E-state index is 12.3. The molecule has 2 N–H and O–H groups in total. The molecule has 0 radical (unpaired) electrons. The molecule has 10 heteroatoms. The average molecular weight is 403 g/mol. The van der Waals surface area contributed by atoms with Gasteiger partial charge in [-0.25, -0.2) is 13.2 Å². The highest BCUT2D eigenvalue weighted by molar-refractivity contribution is 7.90. The number of hydrogen-bond donors (Lipinski definition) is 1. The van der Waals surface area contributed by atoms with E-state index < -0.39 is 40.3 Å². The molecule has 2 amide bonds. The number of nitrogens with two attached hydrogens (primary N) is 1. The average Bonchev–Trinajstić information content (AvgIpc) is 2.58. The van der Waals surface area contributed by atoms with Crippen LogP contribution in [0.2, 0.25) is 5.02 Å². The van der Waals surface area contributed by atoms with Crippen LogP contribution in [0.15, 0.2) is 23.1 Å². The molecule has 0 aliphatic carbocycles. The zero-order valence-corrected chi connectivity index (χ0v) is 15.7. The number of likely N-dealkylation sites (tertiary alicyclic amines) is 1. The number of halogens is 1. The molecule has 1 aliphatic heterocycles. The Hall–Kier alpha value is -2.13. The van der Waals surface area contributed by atoms with Crippen LogP contribution in [0.3, 0.4) is 0 Å². The van der Waals surface area contributed by atoms with E-state index in [0.717, 1.165) is 25.2 Å². The zero-order valence-electron chi connectivity index (χ0n) is 14.1. The lowest BCUT2D eigenvalue weighted by atomic mass is 10.0. The van der Waals surface area contributed by atoms with Crippen molar-refractivity contribution >= 4 is 39.2 Å². The Kier molecular flexibility index (Phi) is 6.25. The van der Waals surface area contributed by atoms with Crippen LogP contribution in [-0.4, -0.2) is 56.6 Å². The first-order valence-corrected chi connectivity index (χ1v) is 10.1. The number of primary amides is 1. The van der Waals surface area contributed by atoms with E-state index in [1.165, 1.54) is 17.0 Å². The second-order valence-corrected chi connectivity index (χ2v) is 8.41. The van der Waals surface area contributed by atoms with Crippen LogP contribution in [0.1, 0.15) is 29.6 Å². The monoisotopic (exact) mass is 402 g/mol. The molecular formula is C16H19ClN2O6S. The first kappa shape index (κ1) is 20.2. The van der Waals surface area contributed by atoms with Crippen LogP contribution >= 0.6 is 11.6 Å².